The Morgan fingerprint density at radius 2 is 1.89 bits per heavy atom. The maximum atomic E-state index is 12.6. The summed E-state index contributed by atoms with van der Waals surface area (Å²) in [4.78, 5) is 10.8. The fourth-order valence-electron chi connectivity index (χ4n) is 3.38. The highest BCUT2D eigenvalue weighted by atomic mass is 32.2. The number of nitrogens with one attached hydrogen (secondary N) is 1. The molecule has 0 amide bonds. The van der Waals surface area contributed by atoms with Gasteiger partial charge in [0.2, 0.25) is 15.8 Å². The number of sulfonamides is 1. The van der Waals surface area contributed by atoms with E-state index in [-0.39, 0.29) is 17.5 Å². The van der Waals surface area contributed by atoms with Crippen LogP contribution in [0.5, 0.6) is 0 Å². The molecule has 1 aromatic heterocycles. The molecule has 1 saturated heterocycles. The highest BCUT2D eigenvalue weighted by Gasteiger charge is 2.31. The van der Waals surface area contributed by atoms with E-state index in [0.29, 0.717) is 37.4 Å². The second-order valence-electron chi connectivity index (χ2n) is 6.72. The van der Waals surface area contributed by atoms with Crippen molar-refractivity contribution in [1.82, 2.24) is 14.1 Å². The first-order chi connectivity index (χ1) is 12.8. The second-order valence-corrected chi connectivity index (χ2v) is 8.69. The predicted octanol–water partition coefficient (Wildman–Crippen LogP) is 2.04. The number of hydrogen-bond donors (Lipinski definition) is 1. The van der Waals surface area contributed by atoms with Crippen molar-refractivity contribution in [3.8, 4) is 0 Å². The smallest absolute Gasteiger partial charge is 0.333 e. The summed E-state index contributed by atoms with van der Waals surface area (Å²) in [5.41, 5.74) is 1.09. The molecule has 1 aliphatic rings. The Kier molecular flexibility index (Phi) is 5.47. The number of aromatic nitrogens is 2. The molecule has 0 atom stereocenters. The van der Waals surface area contributed by atoms with Gasteiger partial charge in [0.25, 0.3) is 0 Å². The summed E-state index contributed by atoms with van der Waals surface area (Å²) in [6.45, 7) is 2.37. The van der Waals surface area contributed by atoms with Gasteiger partial charge in [-0.3, -0.25) is 10.1 Å². The number of nitrogens with zero attached hydrogens (tertiary/aromatic N) is 4. The van der Waals surface area contributed by atoms with Gasteiger partial charge < -0.3 is 5.32 Å². The monoisotopic (exact) mass is 393 g/mol. The van der Waals surface area contributed by atoms with Crippen molar-refractivity contribution in [3.63, 3.8) is 0 Å². The standard InChI is InChI=1S/C17H23N5O4S/c1-13-16(22(23)24)17(20(2)19-13)18-15-8-10-21(11-9-15)27(25,26)12-14-6-4-3-5-7-14/h3-7,15,18H,8-12H2,1-2H3. The Bertz CT molecular complexity index is 918. The molecule has 2 heterocycles. The number of hydrogen-bond acceptors (Lipinski definition) is 6. The second kappa shape index (κ2) is 7.65. The van der Waals surface area contributed by atoms with E-state index in [2.05, 4.69) is 10.4 Å². The van der Waals surface area contributed by atoms with Crippen LogP contribution in [-0.2, 0) is 22.8 Å². The Hall–Kier alpha value is -2.46. The van der Waals surface area contributed by atoms with Crippen molar-refractivity contribution in [2.45, 2.75) is 31.6 Å². The molecule has 1 aromatic carbocycles. The summed E-state index contributed by atoms with van der Waals surface area (Å²) in [6, 6.07) is 9.06. The van der Waals surface area contributed by atoms with Crippen molar-refractivity contribution >= 4 is 21.5 Å². The molecule has 1 aliphatic heterocycles. The lowest BCUT2D eigenvalue weighted by Crippen LogP contribution is -2.43. The van der Waals surface area contributed by atoms with Crippen molar-refractivity contribution in [2.24, 2.45) is 7.05 Å². The number of rotatable bonds is 6. The molecule has 9 nitrogen and oxygen atoms in total. The van der Waals surface area contributed by atoms with Crippen molar-refractivity contribution in [3.05, 3.63) is 51.7 Å². The summed E-state index contributed by atoms with van der Waals surface area (Å²) < 4.78 is 28.2. The molecular formula is C17H23N5O4S. The van der Waals surface area contributed by atoms with Gasteiger partial charge in [0.15, 0.2) is 0 Å². The largest absolute Gasteiger partial charge is 0.362 e. The van der Waals surface area contributed by atoms with Crippen molar-refractivity contribution < 1.29 is 13.3 Å². The topological polar surface area (TPSA) is 110 Å². The molecule has 10 heteroatoms. The minimum Gasteiger partial charge on any atom is -0.362 e. The number of anilines is 1. The average Bonchev–Trinajstić information content (AvgIpc) is 2.89. The first-order valence-corrected chi connectivity index (χ1v) is 10.3. The lowest BCUT2D eigenvalue weighted by atomic mass is 10.1. The van der Waals surface area contributed by atoms with Crippen molar-refractivity contribution in [2.75, 3.05) is 18.4 Å². The summed E-state index contributed by atoms with van der Waals surface area (Å²) >= 11 is 0. The number of benzene rings is 1. The molecule has 0 unspecified atom stereocenters. The molecule has 0 bridgehead atoms. The highest BCUT2D eigenvalue weighted by Crippen LogP contribution is 2.29. The first-order valence-electron chi connectivity index (χ1n) is 8.74. The molecule has 27 heavy (non-hydrogen) atoms. The lowest BCUT2D eigenvalue weighted by Gasteiger charge is -2.31. The van der Waals surface area contributed by atoms with Gasteiger partial charge in [-0.05, 0) is 25.3 Å². The van der Waals surface area contributed by atoms with E-state index in [1.54, 1.807) is 26.1 Å². The van der Waals surface area contributed by atoms with Crippen LogP contribution in [0.15, 0.2) is 30.3 Å². The highest BCUT2D eigenvalue weighted by molar-refractivity contribution is 7.88. The first kappa shape index (κ1) is 19.3. The van der Waals surface area contributed by atoms with Crippen LogP contribution in [0.1, 0.15) is 24.1 Å². The van der Waals surface area contributed by atoms with Crippen LogP contribution < -0.4 is 5.32 Å². The van der Waals surface area contributed by atoms with E-state index in [1.807, 2.05) is 18.2 Å². The fraction of sp³-hybridized carbons (Fsp3) is 0.471. The van der Waals surface area contributed by atoms with Crippen LogP contribution in [0, 0.1) is 17.0 Å². The van der Waals surface area contributed by atoms with Crippen LogP contribution in [0.4, 0.5) is 11.5 Å². The van der Waals surface area contributed by atoms with Crippen LogP contribution >= 0.6 is 0 Å². The minimum absolute atomic E-state index is 0.0155. The molecule has 1 fully saturated rings. The number of nitro groups is 1. The maximum absolute atomic E-state index is 12.6. The molecule has 146 valence electrons. The summed E-state index contributed by atoms with van der Waals surface area (Å²) in [7, 11) is -1.72. The Labute approximate surface area is 158 Å². The van der Waals surface area contributed by atoms with Gasteiger partial charge in [-0.25, -0.2) is 17.4 Å². The Morgan fingerprint density at radius 3 is 2.48 bits per heavy atom. The van der Waals surface area contributed by atoms with Crippen LogP contribution in [0.25, 0.3) is 0 Å². The van der Waals surface area contributed by atoms with E-state index >= 15 is 0 Å². The summed E-state index contributed by atoms with van der Waals surface area (Å²) in [6.07, 6.45) is 1.16. The fourth-order valence-corrected chi connectivity index (χ4v) is 4.94. The Balaban J connectivity index is 1.63. The molecular weight excluding hydrogens is 370 g/mol. The van der Waals surface area contributed by atoms with Gasteiger partial charge in [0, 0.05) is 26.2 Å². The third kappa shape index (κ3) is 4.28. The molecule has 1 N–H and O–H groups in total. The van der Waals surface area contributed by atoms with E-state index in [1.165, 1.54) is 8.99 Å². The van der Waals surface area contributed by atoms with Gasteiger partial charge in [-0.1, -0.05) is 30.3 Å². The third-order valence-corrected chi connectivity index (χ3v) is 6.60. The Morgan fingerprint density at radius 1 is 1.26 bits per heavy atom. The van der Waals surface area contributed by atoms with Crippen LogP contribution in [0.2, 0.25) is 0 Å². The SMILES string of the molecule is Cc1nn(C)c(NC2CCN(S(=O)(=O)Cc3ccccc3)CC2)c1[N+](=O)[O-]. The van der Waals surface area contributed by atoms with Crippen molar-refractivity contribution in [1.29, 1.82) is 0 Å². The van der Waals surface area contributed by atoms with E-state index < -0.39 is 14.9 Å². The molecule has 0 radical (unpaired) electrons. The van der Waals surface area contributed by atoms with E-state index in [0.717, 1.165) is 5.56 Å². The number of aryl methyl sites for hydroxylation is 2. The quantitative estimate of drug-likeness (QED) is 0.594. The third-order valence-electron chi connectivity index (χ3n) is 4.75. The zero-order valence-electron chi connectivity index (χ0n) is 15.3. The zero-order chi connectivity index (χ0) is 19.6. The minimum atomic E-state index is -3.38. The molecule has 3 rings (SSSR count). The lowest BCUT2D eigenvalue weighted by molar-refractivity contribution is -0.384. The van der Waals surface area contributed by atoms with Gasteiger partial charge >= 0.3 is 5.69 Å². The summed E-state index contributed by atoms with van der Waals surface area (Å²) in [5, 5.41) is 18.6. The van der Waals surface area contributed by atoms with E-state index in [9.17, 15) is 18.5 Å². The van der Waals surface area contributed by atoms with Crippen LogP contribution in [-0.4, -0.2) is 46.6 Å². The number of piperidine rings is 1. The zero-order valence-corrected chi connectivity index (χ0v) is 16.1. The molecule has 0 aliphatic carbocycles. The van der Waals surface area contributed by atoms with Gasteiger partial charge in [0.05, 0.1) is 10.7 Å². The van der Waals surface area contributed by atoms with Gasteiger partial charge in [-0.15, -0.1) is 0 Å². The molecule has 0 saturated carbocycles. The van der Waals surface area contributed by atoms with Crippen LogP contribution in [0.3, 0.4) is 0 Å². The van der Waals surface area contributed by atoms with E-state index in [4.69, 9.17) is 0 Å². The normalized spacial score (nSPS) is 16.4. The summed E-state index contributed by atoms with van der Waals surface area (Å²) in [5.74, 6) is 0.348. The predicted molar refractivity (Wildman–Crippen MR) is 102 cm³/mol. The molecule has 2 aromatic rings. The van der Waals surface area contributed by atoms with Gasteiger partial charge in [-0.2, -0.15) is 5.10 Å². The molecule has 0 spiro atoms. The maximum Gasteiger partial charge on any atom is 0.333 e. The average molecular weight is 393 g/mol. The van der Waals surface area contributed by atoms with Gasteiger partial charge in [0.1, 0.15) is 5.69 Å².